The van der Waals surface area contributed by atoms with Gasteiger partial charge in [0.1, 0.15) is 11.5 Å². The number of nitro groups is 1. The first-order valence-corrected chi connectivity index (χ1v) is 7.87. The van der Waals surface area contributed by atoms with Gasteiger partial charge in [0, 0.05) is 13.2 Å². The molecule has 1 aromatic heterocycles. The Morgan fingerprint density at radius 1 is 1.04 bits per heavy atom. The van der Waals surface area contributed by atoms with Crippen molar-refractivity contribution < 1.29 is 19.1 Å². The van der Waals surface area contributed by atoms with Crippen molar-refractivity contribution in [3.05, 3.63) is 58.1 Å². The second kappa shape index (κ2) is 7.37. The molecule has 1 heterocycles. The molecule has 0 saturated heterocycles. The van der Waals surface area contributed by atoms with Crippen LogP contribution in [-0.4, -0.2) is 31.2 Å². The molecule has 0 spiro atoms. The topological polar surface area (TPSA) is 83.7 Å². The summed E-state index contributed by atoms with van der Waals surface area (Å²) in [5.41, 5.74) is 2.75. The van der Waals surface area contributed by atoms with Crippen molar-refractivity contribution in [2.75, 3.05) is 21.3 Å². The lowest BCUT2D eigenvalue weighted by Gasteiger charge is -2.15. The first-order valence-electron chi connectivity index (χ1n) is 7.87. The van der Waals surface area contributed by atoms with Crippen molar-refractivity contribution in [3.63, 3.8) is 0 Å². The van der Waals surface area contributed by atoms with Crippen molar-refractivity contribution in [3.8, 4) is 22.8 Å². The Labute approximate surface area is 150 Å². The number of benzene rings is 2. The number of aromatic nitrogens is 1. The molecule has 0 bridgehead atoms. The Morgan fingerprint density at radius 3 is 2.31 bits per heavy atom. The van der Waals surface area contributed by atoms with Gasteiger partial charge in [0.05, 0.1) is 47.9 Å². The highest BCUT2D eigenvalue weighted by Gasteiger charge is 2.18. The number of nitro benzene ring substituents is 1. The molecule has 0 aliphatic carbocycles. The third-order valence-electron chi connectivity index (χ3n) is 4.04. The van der Waals surface area contributed by atoms with E-state index in [2.05, 4.69) is 4.98 Å². The summed E-state index contributed by atoms with van der Waals surface area (Å²) in [5, 5.41) is 11.7. The molecule has 7 heteroatoms. The number of hydrogen-bond acceptors (Lipinski definition) is 6. The first-order chi connectivity index (χ1) is 12.6. The summed E-state index contributed by atoms with van der Waals surface area (Å²) in [6, 6.07) is 12.0. The van der Waals surface area contributed by atoms with Crippen LogP contribution in [0.4, 0.5) is 5.69 Å². The number of hydrogen-bond donors (Lipinski definition) is 0. The predicted molar refractivity (Wildman–Crippen MR) is 97.7 cm³/mol. The summed E-state index contributed by atoms with van der Waals surface area (Å²) in [4.78, 5) is 15.4. The van der Waals surface area contributed by atoms with E-state index in [4.69, 9.17) is 14.2 Å². The van der Waals surface area contributed by atoms with Crippen molar-refractivity contribution in [1.29, 1.82) is 0 Å². The standard InChI is InChI=1S/C19H18N2O5/c1-24-11-12-9-17(25-2)19(18(10-12)26-3)15-8-7-13-14(20-15)5-4-6-16(13)21(22)23/h4-10H,11H2,1-3H3. The van der Waals surface area contributed by atoms with Crippen LogP contribution < -0.4 is 9.47 Å². The smallest absolute Gasteiger partial charge is 0.278 e. The maximum absolute atomic E-state index is 11.2. The van der Waals surface area contributed by atoms with Crippen molar-refractivity contribution in [2.45, 2.75) is 6.61 Å². The van der Waals surface area contributed by atoms with Gasteiger partial charge >= 0.3 is 0 Å². The maximum Gasteiger partial charge on any atom is 0.278 e. The van der Waals surface area contributed by atoms with Gasteiger partial charge in [-0.05, 0) is 35.9 Å². The molecule has 7 nitrogen and oxygen atoms in total. The Balaban J connectivity index is 2.21. The van der Waals surface area contributed by atoms with Crippen LogP contribution in [0.5, 0.6) is 11.5 Å². The normalized spacial score (nSPS) is 10.7. The van der Waals surface area contributed by atoms with E-state index in [0.29, 0.717) is 40.3 Å². The molecule has 134 valence electrons. The van der Waals surface area contributed by atoms with Gasteiger partial charge < -0.3 is 14.2 Å². The average Bonchev–Trinajstić information content (AvgIpc) is 2.66. The quantitative estimate of drug-likeness (QED) is 0.492. The van der Waals surface area contributed by atoms with Crippen LogP contribution in [0.2, 0.25) is 0 Å². The molecule has 0 aliphatic rings. The first kappa shape index (κ1) is 17.6. The van der Waals surface area contributed by atoms with Gasteiger partial charge in [0.15, 0.2) is 0 Å². The van der Waals surface area contributed by atoms with Crippen LogP contribution in [0.3, 0.4) is 0 Å². The second-order valence-electron chi connectivity index (χ2n) is 5.61. The van der Waals surface area contributed by atoms with Gasteiger partial charge in [-0.15, -0.1) is 0 Å². The van der Waals surface area contributed by atoms with E-state index >= 15 is 0 Å². The number of non-ortho nitro benzene ring substituents is 1. The second-order valence-corrected chi connectivity index (χ2v) is 5.61. The van der Waals surface area contributed by atoms with Crippen LogP contribution in [0.15, 0.2) is 42.5 Å². The summed E-state index contributed by atoms with van der Waals surface area (Å²) in [7, 11) is 4.76. The van der Waals surface area contributed by atoms with Crippen LogP contribution >= 0.6 is 0 Å². The van der Waals surface area contributed by atoms with Crippen LogP contribution in [0, 0.1) is 10.1 Å². The molecule has 2 aromatic carbocycles. The van der Waals surface area contributed by atoms with E-state index in [1.807, 2.05) is 12.1 Å². The van der Waals surface area contributed by atoms with Crippen LogP contribution in [0.25, 0.3) is 22.2 Å². The fourth-order valence-corrected chi connectivity index (χ4v) is 2.91. The molecule has 3 rings (SSSR count). The highest BCUT2D eigenvalue weighted by Crippen LogP contribution is 2.40. The summed E-state index contributed by atoms with van der Waals surface area (Å²) >= 11 is 0. The largest absolute Gasteiger partial charge is 0.496 e. The molecule has 0 fully saturated rings. The minimum absolute atomic E-state index is 0.0240. The summed E-state index contributed by atoms with van der Waals surface area (Å²) in [6.45, 7) is 0.421. The highest BCUT2D eigenvalue weighted by molar-refractivity contribution is 5.90. The van der Waals surface area contributed by atoms with Crippen molar-refractivity contribution in [2.24, 2.45) is 0 Å². The van der Waals surface area contributed by atoms with E-state index in [1.165, 1.54) is 6.07 Å². The molecule has 0 radical (unpaired) electrons. The van der Waals surface area contributed by atoms with Crippen LogP contribution in [0.1, 0.15) is 5.56 Å². The maximum atomic E-state index is 11.2. The number of fused-ring (bicyclic) bond motifs is 1. The summed E-state index contributed by atoms with van der Waals surface area (Å²) < 4.78 is 16.2. The number of methoxy groups -OCH3 is 3. The van der Waals surface area contributed by atoms with Gasteiger partial charge in [-0.1, -0.05) is 6.07 Å². The third kappa shape index (κ3) is 3.16. The molecule has 3 aromatic rings. The fraction of sp³-hybridized carbons (Fsp3) is 0.211. The van der Waals surface area contributed by atoms with E-state index in [9.17, 15) is 10.1 Å². The molecule has 0 atom stereocenters. The van der Waals surface area contributed by atoms with Gasteiger partial charge in [0.2, 0.25) is 0 Å². The summed E-state index contributed by atoms with van der Waals surface area (Å²) in [5.74, 6) is 1.18. The molecule has 0 N–H and O–H groups in total. The Kier molecular flexibility index (Phi) is 4.99. The van der Waals surface area contributed by atoms with E-state index in [0.717, 1.165) is 5.56 Å². The summed E-state index contributed by atoms with van der Waals surface area (Å²) in [6.07, 6.45) is 0. The lowest BCUT2D eigenvalue weighted by atomic mass is 10.0. The van der Waals surface area contributed by atoms with Crippen molar-refractivity contribution in [1.82, 2.24) is 4.98 Å². The predicted octanol–water partition coefficient (Wildman–Crippen LogP) is 3.97. The number of pyridine rings is 1. The number of nitrogens with zero attached hydrogens (tertiary/aromatic N) is 2. The molecule has 26 heavy (non-hydrogen) atoms. The molecule has 0 saturated carbocycles. The number of rotatable bonds is 6. The third-order valence-corrected chi connectivity index (χ3v) is 4.04. The molecule has 0 unspecified atom stereocenters. The zero-order valence-electron chi connectivity index (χ0n) is 14.7. The molecule has 0 amide bonds. The average molecular weight is 354 g/mol. The Bertz CT molecular complexity index is 946. The zero-order valence-corrected chi connectivity index (χ0v) is 14.7. The van der Waals surface area contributed by atoms with Gasteiger partial charge in [-0.2, -0.15) is 0 Å². The van der Waals surface area contributed by atoms with Gasteiger partial charge in [-0.25, -0.2) is 4.98 Å². The van der Waals surface area contributed by atoms with Gasteiger partial charge in [-0.3, -0.25) is 10.1 Å². The minimum atomic E-state index is -0.412. The van der Waals surface area contributed by atoms with Crippen molar-refractivity contribution >= 4 is 16.6 Å². The lowest BCUT2D eigenvalue weighted by molar-refractivity contribution is -0.383. The molecular formula is C19H18N2O5. The Morgan fingerprint density at radius 2 is 1.73 bits per heavy atom. The SMILES string of the molecule is COCc1cc(OC)c(-c2ccc3c([N+](=O)[O-])cccc3n2)c(OC)c1. The lowest BCUT2D eigenvalue weighted by Crippen LogP contribution is -1.99. The van der Waals surface area contributed by atoms with E-state index < -0.39 is 4.92 Å². The zero-order chi connectivity index (χ0) is 18.7. The monoisotopic (exact) mass is 354 g/mol. The fourth-order valence-electron chi connectivity index (χ4n) is 2.91. The number of ether oxygens (including phenoxy) is 3. The van der Waals surface area contributed by atoms with E-state index in [-0.39, 0.29) is 5.69 Å². The highest BCUT2D eigenvalue weighted by atomic mass is 16.6. The van der Waals surface area contributed by atoms with E-state index in [1.54, 1.807) is 45.6 Å². The Hall–Kier alpha value is -3.19. The molecule has 0 aliphatic heterocycles. The molecular weight excluding hydrogens is 336 g/mol. The van der Waals surface area contributed by atoms with Crippen LogP contribution in [-0.2, 0) is 11.3 Å². The minimum Gasteiger partial charge on any atom is -0.496 e. The van der Waals surface area contributed by atoms with Gasteiger partial charge in [0.25, 0.3) is 5.69 Å².